The van der Waals surface area contributed by atoms with E-state index in [4.69, 9.17) is 28.9 Å². The van der Waals surface area contributed by atoms with Crippen molar-refractivity contribution in [2.45, 2.75) is 80.9 Å². The Morgan fingerprint density at radius 2 is 1.71 bits per heavy atom. The van der Waals surface area contributed by atoms with Gasteiger partial charge in [0.15, 0.2) is 0 Å². The van der Waals surface area contributed by atoms with Crippen molar-refractivity contribution in [3.8, 4) is 5.75 Å². The maximum absolute atomic E-state index is 13.9. The summed E-state index contributed by atoms with van der Waals surface area (Å²) < 4.78 is 41.6. The molecular weight excluding hydrogens is 542 g/mol. The number of halogens is 5. The molecule has 38 heavy (non-hydrogen) atoms. The van der Waals surface area contributed by atoms with Crippen LogP contribution in [0.25, 0.3) is 0 Å². The number of carbonyl (C=O) groups excluding carboxylic acids is 2. The van der Waals surface area contributed by atoms with Gasteiger partial charge in [-0.15, -0.1) is 13.2 Å². The SMILES string of the molecule is NC1C[C@H]2CC[C@@H](C1)N2C(=O)[C@H](Cc1ccc(Cl)cc1Cl)NC(=O)C1(c2ccc(OC(F)(F)F)cc2)CC1. The number of alkyl halides is 3. The molecule has 3 fully saturated rings. The Bertz CT molecular complexity index is 1210. The summed E-state index contributed by atoms with van der Waals surface area (Å²) in [6.45, 7) is 0. The fourth-order valence-corrected chi connectivity index (χ4v) is 6.40. The van der Waals surface area contributed by atoms with Crippen molar-refractivity contribution in [1.82, 2.24) is 10.2 Å². The lowest BCUT2D eigenvalue weighted by molar-refractivity contribution is -0.274. The van der Waals surface area contributed by atoms with Crippen LogP contribution in [0.2, 0.25) is 10.0 Å². The van der Waals surface area contributed by atoms with Gasteiger partial charge >= 0.3 is 6.36 Å². The molecular formula is C27H28Cl2F3N3O3. The molecule has 1 aliphatic carbocycles. The van der Waals surface area contributed by atoms with E-state index in [0.717, 1.165) is 25.7 Å². The molecule has 5 rings (SSSR count). The predicted octanol–water partition coefficient (Wildman–Crippen LogP) is 5.13. The van der Waals surface area contributed by atoms with Gasteiger partial charge in [0.05, 0.1) is 5.41 Å². The second kappa shape index (κ2) is 10.2. The number of amides is 2. The summed E-state index contributed by atoms with van der Waals surface area (Å²) in [5.74, 6) is -0.873. The van der Waals surface area contributed by atoms with Crippen LogP contribution in [0.5, 0.6) is 5.75 Å². The lowest BCUT2D eigenvalue weighted by Crippen LogP contribution is -2.58. The van der Waals surface area contributed by atoms with Crippen molar-refractivity contribution < 1.29 is 27.5 Å². The summed E-state index contributed by atoms with van der Waals surface area (Å²) in [7, 11) is 0. The van der Waals surface area contributed by atoms with Crippen LogP contribution >= 0.6 is 23.2 Å². The number of ether oxygens (including phenoxy) is 1. The molecule has 3 aliphatic rings. The van der Waals surface area contributed by atoms with Crippen molar-refractivity contribution in [2.75, 3.05) is 0 Å². The molecule has 0 radical (unpaired) electrons. The van der Waals surface area contributed by atoms with Gasteiger partial charge in [0, 0.05) is 34.6 Å². The smallest absolute Gasteiger partial charge is 0.406 e. The number of fused-ring (bicyclic) bond motifs is 2. The minimum Gasteiger partial charge on any atom is -0.406 e. The molecule has 2 aliphatic heterocycles. The van der Waals surface area contributed by atoms with Crippen LogP contribution in [0.1, 0.15) is 49.7 Å². The minimum absolute atomic E-state index is 0.0346. The van der Waals surface area contributed by atoms with Crippen LogP contribution in [-0.4, -0.2) is 47.2 Å². The third-order valence-electron chi connectivity index (χ3n) is 7.89. The summed E-state index contributed by atoms with van der Waals surface area (Å²) in [5.41, 5.74) is 6.53. The van der Waals surface area contributed by atoms with Crippen molar-refractivity contribution in [2.24, 2.45) is 5.73 Å². The molecule has 1 saturated carbocycles. The van der Waals surface area contributed by atoms with Crippen molar-refractivity contribution in [3.05, 3.63) is 63.6 Å². The molecule has 2 saturated heterocycles. The summed E-state index contributed by atoms with van der Waals surface area (Å²) in [4.78, 5) is 29.4. The molecule has 0 aromatic heterocycles. The van der Waals surface area contributed by atoms with Gasteiger partial charge < -0.3 is 20.7 Å². The monoisotopic (exact) mass is 569 g/mol. The van der Waals surface area contributed by atoms with E-state index in [1.807, 2.05) is 4.90 Å². The summed E-state index contributed by atoms with van der Waals surface area (Å²) >= 11 is 12.5. The highest BCUT2D eigenvalue weighted by molar-refractivity contribution is 6.35. The quantitative estimate of drug-likeness (QED) is 0.484. The highest BCUT2D eigenvalue weighted by Gasteiger charge is 2.53. The van der Waals surface area contributed by atoms with E-state index in [1.165, 1.54) is 24.3 Å². The van der Waals surface area contributed by atoms with E-state index in [1.54, 1.807) is 18.2 Å². The minimum atomic E-state index is -4.80. The number of benzene rings is 2. The average molecular weight is 570 g/mol. The first kappa shape index (κ1) is 27.1. The van der Waals surface area contributed by atoms with Crippen LogP contribution in [0.15, 0.2) is 42.5 Å². The number of nitrogens with two attached hydrogens (primary N) is 1. The Balaban J connectivity index is 1.38. The summed E-state index contributed by atoms with van der Waals surface area (Å²) in [6.07, 6.45) is -0.385. The Kier molecular flexibility index (Phi) is 7.30. The lowest BCUT2D eigenvalue weighted by atomic mass is 9.93. The number of nitrogens with zero attached hydrogens (tertiary/aromatic N) is 1. The second-order valence-electron chi connectivity index (χ2n) is 10.5. The van der Waals surface area contributed by atoms with E-state index in [-0.39, 0.29) is 42.1 Å². The summed E-state index contributed by atoms with van der Waals surface area (Å²) in [5, 5.41) is 3.83. The van der Waals surface area contributed by atoms with E-state index < -0.39 is 17.8 Å². The van der Waals surface area contributed by atoms with Gasteiger partial charge in [-0.3, -0.25) is 9.59 Å². The predicted molar refractivity (Wildman–Crippen MR) is 137 cm³/mol. The largest absolute Gasteiger partial charge is 0.573 e. The Morgan fingerprint density at radius 3 is 2.26 bits per heavy atom. The molecule has 4 atom stereocenters. The number of hydrogen-bond acceptors (Lipinski definition) is 4. The molecule has 2 aromatic rings. The number of hydrogen-bond donors (Lipinski definition) is 2. The highest BCUT2D eigenvalue weighted by atomic mass is 35.5. The van der Waals surface area contributed by atoms with Gasteiger partial charge in [0.1, 0.15) is 11.8 Å². The van der Waals surface area contributed by atoms with E-state index in [2.05, 4.69) is 10.1 Å². The Labute approximate surface area is 228 Å². The van der Waals surface area contributed by atoms with Gasteiger partial charge in [-0.25, -0.2) is 0 Å². The van der Waals surface area contributed by atoms with E-state index in [9.17, 15) is 22.8 Å². The molecule has 204 valence electrons. The number of carbonyl (C=O) groups is 2. The van der Waals surface area contributed by atoms with Crippen LogP contribution in [0.4, 0.5) is 13.2 Å². The van der Waals surface area contributed by atoms with Crippen molar-refractivity contribution >= 4 is 35.0 Å². The fourth-order valence-electron chi connectivity index (χ4n) is 5.91. The first-order valence-corrected chi connectivity index (χ1v) is 13.4. The first-order valence-electron chi connectivity index (χ1n) is 12.6. The lowest BCUT2D eigenvalue weighted by Gasteiger charge is -2.40. The highest BCUT2D eigenvalue weighted by Crippen LogP contribution is 2.49. The maximum Gasteiger partial charge on any atom is 0.573 e. The van der Waals surface area contributed by atoms with E-state index >= 15 is 0 Å². The third kappa shape index (κ3) is 5.60. The fraction of sp³-hybridized carbons (Fsp3) is 0.481. The van der Waals surface area contributed by atoms with Crippen LogP contribution in [-0.2, 0) is 21.4 Å². The first-order chi connectivity index (χ1) is 17.9. The van der Waals surface area contributed by atoms with Crippen molar-refractivity contribution in [1.29, 1.82) is 0 Å². The molecule has 2 heterocycles. The standard InChI is InChI=1S/C27H28Cl2F3N3O3/c28-17-4-1-15(22(29)12-17)11-23(24(36)35-19-5-6-20(35)14-18(33)13-19)34-25(37)26(9-10-26)16-2-7-21(8-3-16)38-27(30,31)32/h1-4,7-8,12,18-20,23H,5-6,9-11,13-14,33H2,(H,34,37)/t18?,19-,20+,23-/m0/s1. The normalized spacial score (nSPS) is 24.6. The maximum atomic E-state index is 13.9. The number of piperidine rings is 1. The van der Waals surface area contributed by atoms with Gasteiger partial charge in [-0.2, -0.15) is 0 Å². The zero-order chi connectivity index (χ0) is 27.2. The van der Waals surface area contributed by atoms with Gasteiger partial charge in [0.25, 0.3) is 0 Å². The topological polar surface area (TPSA) is 84.7 Å². The molecule has 2 amide bonds. The average Bonchev–Trinajstić information content (AvgIpc) is 3.60. The summed E-state index contributed by atoms with van der Waals surface area (Å²) in [6, 6.07) is 9.59. The van der Waals surface area contributed by atoms with Crippen molar-refractivity contribution in [3.63, 3.8) is 0 Å². The molecule has 0 spiro atoms. The Morgan fingerprint density at radius 1 is 1.08 bits per heavy atom. The van der Waals surface area contributed by atoms with Gasteiger partial charge in [0.2, 0.25) is 11.8 Å². The second-order valence-corrected chi connectivity index (χ2v) is 11.3. The molecule has 2 bridgehead atoms. The van der Waals surface area contributed by atoms with Crippen LogP contribution < -0.4 is 15.8 Å². The molecule has 3 N–H and O–H groups in total. The Hall–Kier alpha value is -2.49. The molecule has 6 nitrogen and oxygen atoms in total. The zero-order valence-electron chi connectivity index (χ0n) is 20.4. The number of nitrogens with one attached hydrogen (secondary N) is 1. The van der Waals surface area contributed by atoms with E-state index in [0.29, 0.717) is 34.0 Å². The third-order valence-corrected chi connectivity index (χ3v) is 8.48. The van der Waals surface area contributed by atoms with Crippen LogP contribution in [0, 0.1) is 0 Å². The van der Waals surface area contributed by atoms with Gasteiger partial charge in [-0.05, 0) is 73.9 Å². The van der Waals surface area contributed by atoms with Gasteiger partial charge in [-0.1, -0.05) is 41.4 Å². The molecule has 11 heteroatoms. The van der Waals surface area contributed by atoms with Crippen LogP contribution in [0.3, 0.4) is 0 Å². The molecule has 1 unspecified atom stereocenters. The zero-order valence-corrected chi connectivity index (χ0v) is 22.0. The molecule has 2 aromatic carbocycles. The number of rotatable bonds is 7.